The van der Waals surface area contributed by atoms with Gasteiger partial charge in [0, 0.05) is 0 Å². The standard InChI is InChI=1S/C13H13N5O3S/c1-3-21-13(20)11-8(2)9(4-14)12(22-11)17-10(19)5-18-7-15-6-16-18/h6-7H,3,5H2,1-2H3,(H,17,19). The van der Waals surface area contributed by atoms with Crippen LogP contribution in [0.15, 0.2) is 12.7 Å². The van der Waals surface area contributed by atoms with Crippen LogP contribution >= 0.6 is 11.3 Å². The number of rotatable bonds is 5. The maximum Gasteiger partial charge on any atom is 0.348 e. The number of carbonyl (C=O) groups excluding carboxylic acids is 2. The van der Waals surface area contributed by atoms with E-state index in [1.165, 1.54) is 17.3 Å². The molecule has 0 aliphatic rings. The number of carbonyl (C=O) groups is 2. The van der Waals surface area contributed by atoms with Gasteiger partial charge in [0.05, 0.1) is 12.2 Å². The van der Waals surface area contributed by atoms with Crippen molar-refractivity contribution in [1.29, 1.82) is 5.26 Å². The second-order valence-electron chi connectivity index (χ2n) is 4.23. The number of hydrogen-bond acceptors (Lipinski definition) is 7. The maximum atomic E-state index is 11.9. The zero-order valence-corrected chi connectivity index (χ0v) is 12.8. The molecule has 114 valence electrons. The van der Waals surface area contributed by atoms with E-state index in [1.807, 2.05) is 6.07 Å². The third-order valence-corrected chi connectivity index (χ3v) is 3.93. The van der Waals surface area contributed by atoms with E-state index in [-0.39, 0.29) is 24.6 Å². The quantitative estimate of drug-likeness (QED) is 0.833. The number of ether oxygens (including phenoxy) is 1. The first kappa shape index (κ1) is 15.7. The van der Waals surface area contributed by atoms with Crippen molar-refractivity contribution >= 4 is 28.2 Å². The average molecular weight is 319 g/mol. The van der Waals surface area contributed by atoms with Crippen molar-refractivity contribution in [1.82, 2.24) is 14.8 Å². The minimum absolute atomic E-state index is 0.0312. The van der Waals surface area contributed by atoms with Crippen LogP contribution < -0.4 is 5.32 Å². The first-order chi connectivity index (χ1) is 10.6. The van der Waals surface area contributed by atoms with Crippen LogP contribution in [0.2, 0.25) is 0 Å². The summed E-state index contributed by atoms with van der Waals surface area (Å²) in [7, 11) is 0. The zero-order chi connectivity index (χ0) is 16.1. The highest BCUT2D eigenvalue weighted by Crippen LogP contribution is 2.33. The molecule has 0 aliphatic heterocycles. The fraction of sp³-hybridized carbons (Fsp3) is 0.308. The summed E-state index contributed by atoms with van der Waals surface area (Å²) in [5.74, 6) is -0.864. The number of amides is 1. The molecular weight excluding hydrogens is 306 g/mol. The lowest BCUT2D eigenvalue weighted by atomic mass is 10.2. The van der Waals surface area contributed by atoms with Gasteiger partial charge in [0.1, 0.15) is 35.1 Å². The third-order valence-electron chi connectivity index (χ3n) is 2.74. The van der Waals surface area contributed by atoms with Crippen LogP contribution in [-0.4, -0.2) is 33.2 Å². The number of thiophene rings is 1. The Hall–Kier alpha value is -2.73. The van der Waals surface area contributed by atoms with Gasteiger partial charge in [-0.15, -0.1) is 11.3 Å². The molecular formula is C13H13N5O3S. The fourth-order valence-corrected chi connectivity index (χ4v) is 2.82. The Morgan fingerprint density at radius 3 is 2.91 bits per heavy atom. The molecule has 2 aromatic heterocycles. The Morgan fingerprint density at radius 2 is 2.32 bits per heavy atom. The Bertz CT molecular complexity index is 730. The van der Waals surface area contributed by atoms with Crippen molar-refractivity contribution < 1.29 is 14.3 Å². The van der Waals surface area contributed by atoms with E-state index in [9.17, 15) is 14.9 Å². The van der Waals surface area contributed by atoms with E-state index < -0.39 is 5.97 Å². The van der Waals surface area contributed by atoms with Crippen molar-refractivity contribution in [3.05, 3.63) is 28.7 Å². The summed E-state index contributed by atoms with van der Waals surface area (Å²) >= 11 is 1.03. The molecule has 2 heterocycles. The second kappa shape index (κ2) is 6.82. The summed E-state index contributed by atoms with van der Waals surface area (Å²) in [6.07, 6.45) is 2.73. The molecule has 0 spiro atoms. The van der Waals surface area contributed by atoms with Crippen LogP contribution in [0.25, 0.3) is 0 Å². The summed E-state index contributed by atoms with van der Waals surface area (Å²) in [6.45, 7) is 3.56. The fourth-order valence-electron chi connectivity index (χ4n) is 1.76. The number of nitrogens with one attached hydrogen (secondary N) is 1. The molecule has 0 fully saturated rings. The predicted molar refractivity (Wildman–Crippen MR) is 78.4 cm³/mol. The molecule has 2 aromatic rings. The molecule has 8 nitrogen and oxygen atoms in total. The lowest BCUT2D eigenvalue weighted by Gasteiger charge is -2.02. The van der Waals surface area contributed by atoms with Crippen molar-refractivity contribution in [2.75, 3.05) is 11.9 Å². The van der Waals surface area contributed by atoms with Crippen molar-refractivity contribution in [2.45, 2.75) is 20.4 Å². The average Bonchev–Trinajstić information content (AvgIpc) is 3.07. The van der Waals surface area contributed by atoms with Gasteiger partial charge in [-0.25, -0.2) is 14.5 Å². The minimum atomic E-state index is -0.502. The Balaban J connectivity index is 2.20. The van der Waals surface area contributed by atoms with Crippen LogP contribution in [0.3, 0.4) is 0 Å². The number of anilines is 1. The number of aromatic nitrogens is 3. The van der Waals surface area contributed by atoms with E-state index >= 15 is 0 Å². The summed E-state index contributed by atoms with van der Waals surface area (Å²) in [4.78, 5) is 27.8. The Kier molecular flexibility index (Phi) is 4.85. The van der Waals surface area contributed by atoms with Gasteiger partial charge in [-0.05, 0) is 19.4 Å². The Labute approximate surface area is 130 Å². The van der Waals surface area contributed by atoms with Gasteiger partial charge in [0.25, 0.3) is 0 Å². The summed E-state index contributed by atoms with van der Waals surface area (Å²) in [5, 5.41) is 16.0. The number of nitrogens with zero attached hydrogens (tertiary/aromatic N) is 4. The van der Waals surface area contributed by atoms with Gasteiger partial charge in [0.2, 0.25) is 5.91 Å². The van der Waals surface area contributed by atoms with Gasteiger partial charge in [-0.1, -0.05) is 0 Å². The molecule has 0 aliphatic carbocycles. The van der Waals surface area contributed by atoms with Gasteiger partial charge in [0.15, 0.2) is 0 Å². The number of esters is 1. The molecule has 0 saturated heterocycles. The van der Waals surface area contributed by atoms with Crippen molar-refractivity contribution in [3.8, 4) is 6.07 Å². The monoisotopic (exact) mass is 319 g/mol. The van der Waals surface area contributed by atoms with Crippen LogP contribution in [0, 0.1) is 18.3 Å². The van der Waals surface area contributed by atoms with Gasteiger partial charge in [-0.3, -0.25) is 4.79 Å². The molecule has 22 heavy (non-hydrogen) atoms. The number of nitriles is 1. The van der Waals surface area contributed by atoms with E-state index in [1.54, 1.807) is 13.8 Å². The molecule has 2 rings (SSSR count). The minimum Gasteiger partial charge on any atom is -0.462 e. The predicted octanol–water partition coefficient (Wildman–Crippen LogP) is 1.34. The highest BCUT2D eigenvalue weighted by molar-refractivity contribution is 7.18. The van der Waals surface area contributed by atoms with E-state index in [4.69, 9.17) is 4.74 Å². The van der Waals surface area contributed by atoms with Gasteiger partial charge in [-0.2, -0.15) is 10.4 Å². The number of hydrogen-bond donors (Lipinski definition) is 1. The van der Waals surface area contributed by atoms with E-state index in [2.05, 4.69) is 15.4 Å². The molecule has 9 heteroatoms. The largest absolute Gasteiger partial charge is 0.462 e. The summed E-state index contributed by atoms with van der Waals surface area (Å²) < 4.78 is 6.29. The first-order valence-electron chi connectivity index (χ1n) is 6.39. The topological polar surface area (TPSA) is 110 Å². The first-order valence-corrected chi connectivity index (χ1v) is 7.21. The smallest absolute Gasteiger partial charge is 0.348 e. The lowest BCUT2D eigenvalue weighted by molar-refractivity contribution is -0.116. The van der Waals surface area contributed by atoms with Crippen LogP contribution in [-0.2, 0) is 16.1 Å². The normalized spacial score (nSPS) is 10.0. The molecule has 0 radical (unpaired) electrons. The highest BCUT2D eigenvalue weighted by Gasteiger charge is 2.22. The summed E-state index contributed by atoms with van der Waals surface area (Å²) in [6, 6.07) is 2.00. The molecule has 1 amide bonds. The zero-order valence-electron chi connectivity index (χ0n) is 12.0. The molecule has 0 saturated carbocycles. The van der Waals surface area contributed by atoms with Crippen LogP contribution in [0.5, 0.6) is 0 Å². The Morgan fingerprint density at radius 1 is 1.55 bits per heavy atom. The maximum absolute atomic E-state index is 11.9. The van der Waals surface area contributed by atoms with E-state index in [0.717, 1.165) is 11.3 Å². The SMILES string of the molecule is CCOC(=O)c1sc(NC(=O)Cn2cncn2)c(C#N)c1C. The molecule has 0 bridgehead atoms. The van der Waals surface area contributed by atoms with Gasteiger partial charge < -0.3 is 10.1 Å². The van der Waals surface area contributed by atoms with Crippen LogP contribution in [0.4, 0.5) is 5.00 Å². The van der Waals surface area contributed by atoms with Crippen molar-refractivity contribution in [3.63, 3.8) is 0 Å². The molecule has 0 aromatic carbocycles. The van der Waals surface area contributed by atoms with Crippen molar-refractivity contribution in [2.24, 2.45) is 0 Å². The summed E-state index contributed by atoms with van der Waals surface area (Å²) in [5.41, 5.74) is 0.766. The van der Waals surface area contributed by atoms with Crippen LogP contribution in [0.1, 0.15) is 27.7 Å². The lowest BCUT2D eigenvalue weighted by Crippen LogP contribution is -2.18. The van der Waals surface area contributed by atoms with Gasteiger partial charge >= 0.3 is 5.97 Å². The second-order valence-corrected chi connectivity index (χ2v) is 5.25. The van der Waals surface area contributed by atoms with E-state index in [0.29, 0.717) is 15.4 Å². The molecule has 1 N–H and O–H groups in total. The highest BCUT2D eigenvalue weighted by atomic mass is 32.1. The third kappa shape index (κ3) is 3.29. The molecule has 0 atom stereocenters. The molecule has 0 unspecified atom stereocenters.